The third-order valence-corrected chi connectivity index (χ3v) is 5.12. The molecule has 1 aliphatic heterocycles. The van der Waals surface area contributed by atoms with Crippen LogP contribution in [0, 0.1) is 0 Å². The second kappa shape index (κ2) is 7.56. The number of amides is 1. The van der Waals surface area contributed by atoms with E-state index in [1.807, 2.05) is 4.90 Å². The lowest BCUT2D eigenvalue weighted by atomic mass is 10.1. The van der Waals surface area contributed by atoms with Gasteiger partial charge in [0.1, 0.15) is 17.3 Å². The van der Waals surface area contributed by atoms with Crippen molar-refractivity contribution in [2.75, 3.05) is 40.4 Å². The lowest BCUT2D eigenvalue weighted by molar-refractivity contribution is 0.0625. The summed E-state index contributed by atoms with van der Waals surface area (Å²) >= 11 is 0. The molecule has 0 bridgehead atoms. The van der Waals surface area contributed by atoms with Crippen LogP contribution in [0.4, 0.5) is 0 Å². The molecule has 0 spiro atoms. The van der Waals surface area contributed by atoms with Crippen molar-refractivity contribution < 1.29 is 14.3 Å². The van der Waals surface area contributed by atoms with Gasteiger partial charge in [0.05, 0.1) is 20.8 Å². The molecule has 1 amide bonds. The maximum absolute atomic E-state index is 12.9. The topological polar surface area (TPSA) is 83.6 Å². The molecule has 2 heterocycles. The molecule has 0 unspecified atom stereocenters. The van der Waals surface area contributed by atoms with Crippen LogP contribution in [0.25, 0.3) is 0 Å². The summed E-state index contributed by atoms with van der Waals surface area (Å²) < 4.78 is 10.5. The number of H-pyrrole nitrogens is 1. The molecule has 0 atom stereocenters. The van der Waals surface area contributed by atoms with E-state index in [0.717, 1.165) is 31.3 Å². The minimum absolute atomic E-state index is 0.00235. The molecule has 1 saturated carbocycles. The van der Waals surface area contributed by atoms with Gasteiger partial charge in [-0.1, -0.05) is 0 Å². The number of carbonyl (C=O) groups is 1. The first kappa shape index (κ1) is 17.8. The molecule has 0 radical (unpaired) electrons. The van der Waals surface area contributed by atoms with Crippen LogP contribution >= 0.6 is 0 Å². The van der Waals surface area contributed by atoms with Crippen LogP contribution in [0.2, 0.25) is 0 Å². The summed E-state index contributed by atoms with van der Waals surface area (Å²) in [5, 5.41) is 7.36. The van der Waals surface area contributed by atoms with E-state index in [0.29, 0.717) is 36.1 Å². The van der Waals surface area contributed by atoms with Crippen molar-refractivity contribution in [1.82, 2.24) is 25.0 Å². The van der Waals surface area contributed by atoms with Crippen molar-refractivity contribution in [3.8, 4) is 11.5 Å². The summed E-state index contributed by atoms with van der Waals surface area (Å²) in [5.41, 5.74) is 0.587. The molecule has 1 N–H and O–H groups in total. The average Bonchev–Trinajstić information content (AvgIpc) is 3.47. The van der Waals surface area contributed by atoms with Crippen molar-refractivity contribution in [1.29, 1.82) is 0 Å². The highest BCUT2D eigenvalue weighted by atomic mass is 16.5. The normalized spacial score (nSPS) is 17.8. The van der Waals surface area contributed by atoms with E-state index in [9.17, 15) is 4.79 Å². The zero-order valence-corrected chi connectivity index (χ0v) is 15.8. The van der Waals surface area contributed by atoms with Crippen LogP contribution in [0.1, 0.15) is 40.8 Å². The van der Waals surface area contributed by atoms with Crippen molar-refractivity contribution in [2.45, 2.75) is 25.3 Å². The summed E-state index contributed by atoms with van der Waals surface area (Å²) in [6.45, 7) is 3.73. The maximum Gasteiger partial charge on any atom is 0.254 e. The molecule has 144 valence electrons. The van der Waals surface area contributed by atoms with Crippen molar-refractivity contribution in [3.05, 3.63) is 35.4 Å². The monoisotopic (exact) mass is 371 g/mol. The number of hydrogen-bond donors (Lipinski definition) is 1. The van der Waals surface area contributed by atoms with Crippen LogP contribution in [0.5, 0.6) is 11.5 Å². The predicted octanol–water partition coefficient (Wildman–Crippen LogP) is 1.66. The van der Waals surface area contributed by atoms with Gasteiger partial charge in [-0.15, -0.1) is 0 Å². The first-order valence-corrected chi connectivity index (χ1v) is 9.32. The lowest BCUT2D eigenvalue weighted by Crippen LogP contribution is -2.48. The number of hydrogen-bond acceptors (Lipinski definition) is 6. The van der Waals surface area contributed by atoms with Crippen molar-refractivity contribution in [3.63, 3.8) is 0 Å². The van der Waals surface area contributed by atoms with Gasteiger partial charge < -0.3 is 14.4 Å². The third kappa shape index (κ3) is 4.05. The van der Waals surface area contributed by atoms with Crippen molar-refractivity contribution >= 4 is 5.91 Å². The first-order valence-electron chi connectivity index (χ1n) is 9.32. The standard InChI is InChI=1S/C19H25N5O3/c1-26-15-9-14(10-16(11-15)27-2)19(25)24-7-5-23(6-8-24)12-17-20-18(22-21-17)13-3-4-13/h9-11,13H,3-8,12H2,1-2H3,(H,20,21,22). The largest absolute Gasteiger partial charge is 0.497 e. The van der Waals surface area contributed by atoms with Gasteiger partial charge in [0.25, 0.3) is 5.91 Å². The fourth-order valence-electron chi connectivity index (χ4n) is 3.34. The molecule has 1 aromatic carbocycles. The zero-order valence-electron chi connectivity index (χ0n) is 15.8. The van der Waals surface area contributed by atoms with Crippen LogP contribution in [-0.4, -0.2) is 71.3 Å². The molecule has 27 heavy (non-hydrogen) atoms. The first-order chi connectivity index (χ1) is 13.2. The van der Waals surface area contributed by atoms with Gasteiger partial charge >= 0.3 is 0 Å². The Morgan fingerprint density at radius 2 is 1.78 bits per heavy atom. The van der Waals surface area contributed by atoms with E-state index in [-0.39, 0.29) is 5.91 Å². The summed E-state index contributed by atoms with van der Waals surface area (Å²) in [7, 11) is 3.17. The van der Waals surface area contributed by atoms with E-state index >= 15 is 0 Å². The Morgan fingerprint density at radius 3 is 2.37 bits per heavy atom. The van der Waals surface area contributed by atoms with Crippen LogP contribution in [-0.2, 0) is 6.54 Å². The molecular weight excluding hydrogens is 346 g/mol. The lowest BCUT2D eigenvalue weighted by Gasteiger charge is -2.34. The average molecular weight is 371 g/mol. The van der Waals surface area contributed by atoms with E-state index in [2.05, 4.69) is 20.1 Å². The summed E-state index contributed by atoms with van der Waals surface area (Å²) in [4.78, 5) is 21.6. The van der Waals surface area contributed by atoms with E-state index < -0.39 is 0 Å². The second-order valence-corrected chi connectivity index (χ2v) is 7.08. The zero-order chi connectivity index (χ0) is 18.8. The SMILES string of the molecule is COc1cc(OC)cc(C(=O)N2CCN(Cc3nc(C4CC4)n[nH]3)CC2)c1. The Hall–Kier alpha value is -2.61. The molecule has 8 heteroatoms. The molecule has 1 saturated heterocycles. The van der Waals surface area contributed by atoms with Gasteiger partial charge in [0, 0.05) is 43.7 Å². The van der Waals surface area contributed by atoms with Crippen LogP contribution in [0.3, 0.4) is 0 Å². The Kier molecular flexibility index (Phi) is 4.98. The molecule has 2 aliphatic rings. The van der Waals surface area contributed by atoms with Gasteiger partial charge in [0.15, 0.2) is 5.82 Å². The quantitative estimate of drug-likeness (QED) is 0.831. The number of ether oxygens (including phenoxy) is 2. The number of carbonyl (C=O) groups excluding carboxylic acids is 1. The molecule has 2 fully saturated rings. The highest BCUT2D eigenvalue weighted by molar-refractivity contribution is 5.95. The van der Waals surface area contributed by atoms with Crippen LogP contribution < -0.4 is 9.47 Å². The summed E-state index contributed by atoms with van der Waals surface area (Å²) in [6, 6.07) is 5.28. The van der Waals surface area contributed by atoms with Crippen molar-refractivity contribution in [2.24, 2.45) is 0 Å². The number of rotatable bonds is 6. The molecule has 1 aromatic heterocycles. The molecular formula is C19H25N5O3. The molecule has 1 aliphatic carbocycles. The smallest absolute Gasteiger partial charge is 0.254 e. The van der Waals surface area contributed by atoms with Gasteiger partial charge in [-0.3, -0.25) is 14.8 Å². The number of piperazine rings is 1. The highest BCUT2D eigenvalue weighted by Crippen LogP contribution is 2.37. The predicted molar refractivity (Wildman–Crippen MR) is 99.1 cm³/mol. The number of methoxy groups -OCH3 is 2. The molecule has 2 aromatic rings. The van der Waals surface area contributed by atoms with Gasteiger partial charge in [0.2, 0.25) is 0 Å². The number of nitrogens with zero attached hydrogens (tertiary/aromatic N) is 4. The Balaban J connectivity index is 1.34. The number of nitrogens with one attached hydrogen (secondary N) is 1. The van der Waals surface area contributed by atoms with E-state index in [1.165, 1.54) is 12.8 Å². The van der Waals surface area contributed by atoms with Gasteiger partial charge in [-0.2, -0.15) is 5.10 Å². The highest BCUT2D eigenvalue weighted by Gasteiger charge is 2.28. The number of benzene rings is 1. The van der Waals surface area contributed by atoms with Gasteiger partial charge in [-0.25, -0.2) is 4.98 Å². The third-order valence-electron chi connectivity index (χ3n) is 5.12. The second-order valence-electron chi connectivity index (χ2n) is 7.08. The number of aromatic nitrogens is 3. The number of aromatic amines is 1. The molecule has 4 rings (SSSR count). The van der Waals surface area contributed by atoms with E-state index in [4.69, 9.17) is 9.47 Å². The van der Waals surface area contributed by atoms with Gasteiger partial charge in [-0.05, 0) is 25.0 Å². The fourth-order valence-corrected chi connectivity index (χ4v) is 3.34. The Bertz CT molecular complexity index is 787. The summed E-state index contributed by atoms with van der Waals surface area (Å²) in [5.74, 6) is 3.66. The fraction of sp³-hybridized carbons (Fsp3) is 0.526. The van der Waals surface area contributed by atoms with Crippen LogP contribution in [0.15, 0.2) is 18.2 Å². The maximum atomic E-state index is 12.9. The molecule has 8 nitrogen and oxygen atoms in total. The Morgan fingerprint density at radius 1 is 1.11 bits per heavy atom. The summed E-state index contributed by atoms with van der Waals surface area (Å²) in [6.07, 6.45) is 2.40. The Labute approximate surface area is 158 Å². The minimum Gasteiger partial charge on any atom is -0.497 e. The van der Waals surface area contributed by atoms with E-state index in [1.54, 1.807) is 32.4 Å². The minimum atomic E-state index is 0.00235.